The molecular formula is C11H15Cl2NOS. The molecule has 0 radical (unpaired) electrons. The lowest BCUT2D eigenvalue weighted by atomic mass is 10.3. The fraction of sp³-hybridized carbons (Fsp3) is 0.455. The Kier molecular flexibility index (Phi) is 6.54. The van der Waals surface area contributed by atoms with E-state index in [2.05, 4.69) is 5.32 Å². The van der Waals surface area contributed by atoms with Crippen molar-refractivity contribution < 1.29 is 5.11 Å². The molecule has 1 aromatic carbocycles. The van der Waals surface area contributed by atoms with Crippen molar-refractivity contribution in [1.29, 1.82) is 0 Å². The van der Waals surface area contributed by atoms with Crippen LogP contribution in [-0.4, -0.2) is 30.1 Å². The van der Waals surface area contributed by atoms with Crippen molar-refractivity contribution in [2.45, 2.75) is 17.9 Å². The SMILES string of the molecule is CCNC(CO)CSc1ccc(Cl)c(Cl)c1. The molecule has 1 atom stereocenters. The fourth-order valence-corrected chi connectivity index (χ4v) is 2.57. The largest absolute Gasteiger partial charge is 0.395 e. The number of rotatable bonds is 6. The van der Waals surface area contributed by atoms with Gasteiger partial charge < -0.3 is 10.4 Å². The van der Waals surface area contributed by atoms with Gasteiger partial charge in [-0.05, 0) is 24.7 Å². The van der Waals surface area contributed by atoms with Crippen LogP contribution in [0.3, 0.4) is 0 Å². The maximum absolute atomic E-state index is 9.11. The quantitative estimate of drug-likeness (QED) is 0.785. The lowest BCUT2D eigenvalue weighted by Crippen LogP contribution is -2.34. The molecule has 0 aliphatic rings. The van der Waals surface area contributed by atoms with Gasteiger partial charge in [0.15, 0.2) is 0 Å². The molecule has 0 bridgehead atoms. The standard InChI is InChI=1S/C11H15Cl2NOS/c1-2-14-8(6-15)7-16-9-3-4-10(12)11(13)5-9/h3-5,8,14-15H,2,6-7H2,1H3. The monoisotopic (exact) mass is 279 g/mol. The molecule has 0 aliphatic carbocycles. The predicted octanol–water partition coefficient (Wildman–Crippen LogP) is 3.06. The van der Waals surface area contributed by atoms with Crippen LogP contribution in [0.5, 0.6) is 0 Å². The first-order valence-electron chi connectivity index (χ1n) is 5.09. The van der Waals surface area contributed by atoms with Crippen molar-refractivity contribution in [2.75, 3.05) is 18.9 Å². The summed E-state index contributed by atoms with van der Waals surface area (Å²) in [5.41, 5.74) is 0. The summed E-state index contributed by atoms with van der Waals surface area (Å²) in [5.74, 6) is 0.808. The van der Waals surface area contributed by atoms with Gasteiger partial charge in [-0.1, -0.05) is 30.1 Å². The van der Waals surface area contributed by atoms with E-state index in [4.69, 9.17) is 28.3 Å². The summed E-state index contributed by atoms with van der Waals surface area (Å²) < 4.78 is 0. The van der Waals surface area contributed by atoms with E-state index in [1.54, 1.807) is 17.8 Å². The smallest absolute Gasteiger partial charge is 0.0603 e. The Labute approximate surface area is 110 Å². The Morgan fingerprint density at radius 1 is 1.38 bits per heavy atom. The van der Waals surface area contributed by atoms with Gasteiger partial charge in [-0.3, -0.25) is 0 Å². The molecule has 0 saturated carbocycles. The van der Waals surface area contributed by atoms with Crippen LogP contribution in [0.2, 0.25) is 10.0 Å². The molecule has 0 spiro atoms. The molecule has 1 unspecified atom stereocenters. The van der Waals surface area contributed by atoms with Gasteiger partial charge in [0, 0.05) is 16.7 Å². The van der Waals surface area contributed by atoms with Gasteiger partial charge in [-0.25, -0.2) is 0 Å². The minimum absolute atomic E-state index is 0.115. The van der Waals surface area contributed by atoms with E-state index >= 15 is 0 Å². The van der Waals surface area contributed by atoms with Crippen molar-refractivity contribution in [2.24, 2.45) is 0 Å². The van der Waals surface area contributed by atoms with Crippen LogP contribution in [0, 0.1) is 0 Å². The number of thioether (sulfide) groups is 1. The Hall–Kier alpha value is 0.0700. The molecule has 0 heterocycles. The van der Waals surface area contributed by atoms with Crippen LogP contribution < -0.4 is 5.32 Å². The molecule has 0 amide bonds. The predicted molar refractivity (Wildman–Crippen MR) is 71.7 cm³/mol. The average Bonchev–Trinajstić information content (AvgIpc) is 2.28. The Morgan fingerprint density at radius 2 is 2.12 bits per heavy atom. The number of hydrogen-bond donors (Lipinski definition) is 2. The van der Waals surface area contributed by atoms with Crippen molar-refractivity contribution in [1.82, 2.24) is 5.32 Å². The number of hydrogen-bond acceptors (Lipinski definition) is 3. The molecular weight excluding hydrogens is 265 g/mol. The summed E-state index contributed by atoms with van der Waals surface area (Å²) in [6.45, 7) is 3.02. The van der Waals surface area contributed by atoms with Crippen LogP contribution >= 0.6 is 35.0 Å². The molecule has 0 aliphatic heterocycles. The number of aliphatic hydroxyl groups excluding tert-OH is 1. The first kappa shape index (κ1) is 14.1. The fourth-order valence-electron chi connectivity index (χ4n) is 1.23. The normalized spacial score (nSPS) is 12.8. The van der Waals surface area contributed by atoms with Gasteiger partial charge in [-0.15, -0.1) is 11.8 Å². The van der Waals surface area contributed by atoms with Gasteiger partial charge in [-0.2, -0.15) is 0 Å². The lowest BCUT2D eigenvalue weighted by Gasteiger charge is -2.14. The third-order valence-corrected chi connectivity index (χ3v) is 3.95. The van der Waals surface area contributed by atoms with Crippen molar-refractivity contribution >= 4 is 35.0 Å². The number of halogens is 2. The van der Waals surface area contributed by atoms with E-state index in [1.165, 1.54) is 0 Å². The third kappa shape index (κ3) is 4.52. The lowest BCUT2D eigenvalue weighted by molar-refractivity contribution is 0.255. The van der Waals surface area contributed by atoms with Gasteiger partial charge >= 0.3 is 0 Å². The molecule has 16 heavy (non-hydrogen) atoms. The molecule has 0 fully saturated rings. The second-order valence-corrected chi connectivity index (χ2v) is 5.23. The highest BCUT2D eigenvalue weighted by molar-refractivity contribution is 7.99. The summed E-state index contributed by atoms with van der Waals surface area (Å²) in [7, 11) is 0. The number of likely N-dealkylation sites (N-methyl/N-ethyl adjacent to an activating group) is 1. The first-order chi connectivity index (χ1) is 7.67. The number of benzene rings is 1. The summed E-state index contributed by atoms with van der Waals surface area (Å²) in [6, 6.07) is 5.67. The van der Waals surface area contributed by atoms with Crippen molar-refractivity contribution in [3.8, 4) is 0 Å². The van der Waals surface area contributed by atoms with Crippen molar-refractivity contribution in [3.63, 3.8) is 0 Å². The molecule has 1 aromatic rings. The Morgan fingerprint density at radius 3 is 2.69 bits per heavy atom. The minimum atomic E-state index is 0.115. The van der Waals surface area contributed by atoms with E-state index in [-0.39, 0.29) is 12.6 Å². The van der Waals surface area contributed by atoms with Crippen LogP contribution in [0.1, 0.15) is 6.92 Å². The summed E-state index contributed by atoms with van der Waals surface area (Å²) in [6.07, 6.45) is 0. The second kappa shape index (κ2) is 7.41. The molecule has 0 saturated heterocycles. The Balaban J connectivity index is 2.50. The maximum Gasteiger partial charge on any atom is 0.0603 e. The molecule has 1 rings (SSSR count). The number of aliphatic hydroxyl groups is 1. The molecule has 2 N–H and O–H groups in total. The zero-order valence-corrected chi connectivity index (χ0v) is 11.4. The Bertz CT molecular complexity index is 336. The van der Waals surface area contributed by atoms with Crippen LogP contribution in [0.25, 0.3) is 0 Å². The van der Waals surface area contributed by atoms with E-state index in [9.17, 15) is 0 Å². The average molecular weight is 280 g/mol. The second-order valence-electron chi connectivity index (χ2n) is 3.32. The van der Waals surface area contributed by atoms with E-state index in [0.29, 0.717) is 10.0 Å². The van der Waals surface area contributed by atoms with Crippen LogP contribution in [0.4, 0.5) is 0 Å². The maximum atomic E-state index is 9.11. The molecule has 5 heteroatoms. The summed E-state index contributed by atoms with van der Waals surface area (Å²) in [5, 5.41) is 13.4. The van der Waals surface area contributed by atoms with E-state index in [0.717, 1.165) is 17.2 Å². The van der Waals surface area contributed by atoms with Gasteiger partial charge in [0.25, 0.3) is 0 Å². The van der Waals surface area contributed by atoms with Crippen molar-refractivity contribution in [3.05, 3.63) is 28.2 Å². The highest BCUT2D eigenvalue weighted by Crippen LogP contribution is 2.28. The highest BCUT2D eigenvalue weighted by atomic mass is 35.5. The number of nitrogens with one attached hydrogen (secondary N) is 1. The molecule has 0 aromatic heterocycles. The topological polar surface area (TPSA) is 32.3 Å². The molecule has 2 nitrogen and oxygen atoms in total. The zero-order valence-electron chi connectivity index (χ0n) is 9.04. The van der Waals surface area contributed by atoms with Gasteiger partial charge in [0.2, 0.25) is 0 Å². The van der Waals surface area contributed by atoms with Gasteiger partial charge in [0.1, 0.15) is 0 Å². The van der Waals surface area contributed by atoms with E-state index < -0.39 is 0 Å². The summed E-state index contributed by atoms with van der Waals surface area (Å²) >= 11 is 13.4. The third-order valence-electron chi connectivity index (χ3n) is 2.06. The highest BCUT2D eigenvalue weighted by Gasteiger charge is 2.07. The van der Waals surface area contributed by atoms with Crippen LogP contribution in [0.15, 0.2) is 23.1 Å². The zero-order chi connectivity index (χ0) is 12.0. The van der Waals surface area contributed by atoms with E-state index in [1.807, 2.05) is 19.1 Å². The minimum Gasteiger partial charge on any atom is -0.395 e. The first-order valence-corrected chi connectivity index (χ1v) is 6.83. The van der Waals surface area contributed by atoms with Gasteiger partial charge in [0.05, 0.1) is 16.7 Å². The molecule has 90 valence electrons. The van der Waals surface area contributed by atoms with Crippen LogP contribution in [-0.2, 0) is 0 Å². The summed E-state index contributed by atoms with van der Waals surface area (Å²) in [4.78, 5) is 1.06.